The van der Waals surface area contributed by atoms with Crippen molar-refractivity contribution in [1.82, 2.24) is 10.0 Å². The number of benzene rings is 2. The van der Waals surface area contributed by atoms with Gasteiger partial charge in [-0.05, 0) is 35.7 Å². The summed E-state index contributed by atoms with van der Waals surface area (Å²) in [6.07, 6.45) is 1.81. The van der Waals surface area contributed by atoms with Gasteiger partial charge in [-0.2, -0.15) is 0 Å². The van der Waals surface area contributed by atoms with Crippen molar-refractivity contribution in [3.63, 3.8) is 0 Å². The van der Waals surface area contributed by atoms with Gasteiger partial charge in [-0.1, -0.05) is 44.5 Å². The zero-order chi connectivity index (χ0) is 22.8. The van der Waals surface area contributed by atoms with Gasteiger partial charge < -0.3 is 5.32 Å². The SMILES string of the molecule is CC[C@H](C)[C@H](N=C1NS(=O)(=O)c2ccccc21)C(=O)NCc1ccc(S(C)(=O)=O)cc1. The van der Waals surface area contributed by atoms with E-state index in [2.05, 4.69) is 15.0 Å². The Labute approximate surface area is 182 Å². The first-order valence-electron chi connectivity index (χ1n) is 9.79. The Kier molecular flexibility index (Phi) is 6.51. The number of hydrogen-bond acceptors (Lipinski definition) is 6. The molecule has 1 amide bonds. The van der Waals surface area contributed by atoms with E-state index in [1.54, 1.807) is 30.3 Å². The lowest BCUT2D eigenvalue weighted by Crippen LogP contribution is -2.38. The molecule has 10 heteroatoms. The van der Waals surface area contributed by atoms with Crippen molar-refractivity contribution >= 4 is 31.6 Å². The molecule has 0 aromatic heterocycles. The third kappa shape index (κ3) is 5.13. The molecule has 2 atom stereocenters. The van der Waals surface area contributed by atoms with Crippen LogP contribution in [0.25, 0.3) is 0 Å². The van der Waals surface area contributed by atoms with Crippen molar-refractivity contribution in [1.29, 1.82) is 0 Å². The van der Waals surface area contributed by atoms with Crippen LogP contribution in [0, 0.1) is 5.92 Å². The number of sulfone groups is 1. The molecule has 31 heavy (non-hydrogen) atoms. The summed E-state index contributed by atoms with van der Waals surface area (Å²) in [5, 5.41) is 2.82. The first kappa shape index (κ1) is 23.0. The number of carbonyl (C=O) groups excluding carboxylic acids is 1. The Bertz CT molecular complexity index is 1220. The lowest BCUT2D eigenvalue weighted by molar-refractivity contribution is -0.123. The highest BCUT2D eigenvalue weighted by Crippen LogP contribution is 2.24. The molecular weight excluding hydrogens is 438 g/mol. The van der Waals surface area contributed by atoms with Gasteiger partial charge in [-0.3, -0.25) is 14.5 Å². The van der Waals surface area contributed by atoms with E-state index in [1.807, 2.05) is 13.8 Å². The fraction of sp³-hybridized carbons (Fsp3) is 0.333. The number of amides is 1. The van der Waals surface area contributed by atoms with E-state index < -0.39 is 25.9 Å². The van der Waals surface area contributed by atoms with Crippen molar-refractivity contribution < 1.29 is 21.6 Å². The zero-order valence-corrected chi connectivity index (χ0v) is 19.1. The van der Waals surface area contributed by atoms with Crippen LogP contribution >= 0.6 is 0 Å². The van der Waals surface area contributed by atoms with Crippen molar-refractivity contribution in [2.24, 2.45) is 10.9 Å². The molecule has 0 aliphatic carbocycles. The third-order valence-corrected chi connectivity index (χ3v) is 7.73. The van der Waals surface area contributed by atoms with E-state index >= 15 is 0 Å². The average molecular weight is 464 g/mol. The molecule has 3 rings (SSSR count). The molecule has 2 N–H and O–H groups in total. The molecule has 0 saturated carbocycles. The summed E-state index contributed by atoms with van der Waals surface area (Å²) in [7, 11) is -6.98. The predicted molar refractivity (Wildman–Crippen MR) is 118 cm³/mol. The normalized spacial score (nSPS) is 18.1. The maximum atomic E-state index is 12.9. The fourth-order valence-corrected chi connectivity index (χ4v) is 5.05. The number of carbonyl (C=O) groups is 1. The smallest absolute Gasteiger partial charge is 0.263 e. The van der Waals surface area contributed by atoms with Gasteiger partial charge in [-0.15, -0.1) is 0 Å². The standard InChI is InChI=1S/C21H25N3O5S2/c1-4-14(2)19(23-20-17-7-5-6-8-18(17)31(28,29)24-20)21(25)22-13-15-9-11-16(12-10-15)30(3,26)27/h5-12,14,19H,4,13H2,1-3H3,(H,22,25)(H,23,24)/t14-,19-/m0/s1. The van der Waals surface area contributed by atoms with E-state index in [4.69, 9.17) is 0 Å². The zero-order valence-electron chi connectivity index (χ0n) is 17.5. The lowest BCUT2D eigenvalue weighted by Gasteiger charge is -2.19. The molecule has 0 radical (unpaired) electrons. The van der Waals surface area contributed by atoms with Gasteiger partial charge in [0, 0.05) is 18.4 Å². The van der Waals surface area contributed by atoms with E-state index in [1.165, 1.54) is 18.2 Å². The molecule has 1 heterocycles. The Morgan fingerprint density at radius 2 is 1.77 bits per heavy atom. The number of fused-ring (bicyclic) bond motifs is 1. The summed E-state index contributed by atoms with van der Waals surface area (Å²) in [6, 6.07) is 12.0. The molecule has 0 saturated heterocycles. The van der Waals surface area contributed by atoms with Crippen LogP contribution < -0.4 is 10.0 Å². The number of hydrogen-bond donors (Lipinski definition) is 2. The van der Waals surface area contributed by atoms with Gasteiger partial charge >= 0.3 is 0 Å². The van der Waals surface area contributed by atoms with Gasteiger partial charge in [0.2, 0.25) is 5.91 Å². The highest BCUT2D eigenvalue weighted by atomic mass is 32.2. The second-order valence-corrected chi connectivity index (χ2v) is 11.2. The molecule has 8 nitrogen and oxygen atoms in total. The summed E-state index contributed by atoms with van der Waals surface area (Å²) in [6.45, 7) is 4.01. The quantitative estimate of drug-likeness (QED) is 0.649. The molecule has 1 aliphatic rings. The second kappa shape index (κ2) is 8.80. The third-order valence-electron chi connectivity index (χ3n) is 5.20. The van der Waals surface area contributed by atoms with Crippen molar-refractivity contribution in [2.45, 2.75) is 42.6 Å². The van der Waals surface area contributed by atoms with Crippen molar-refractivity contribution in [3.05, 3.63) is 59.7 Å². The summed E-state index contributed by atoms with van der Waals surface area (Å²) < 4.78 is 50.2. The highest BCUT2D eigenvalue weighted by Gasteiger charge is 2.33. The Morgan fingerprint density at radius 3 is 2.39 bits per heavy atom. The number of aliphatic imine (C=N–C) groups is 1. The lowest BCUT2D eigenvalue weighted by atomic mass is 9.98. The molecule has 1 aliphatic heterocycles. The predicted octanol–water partition coefficient (Wildman–Crippen LogP) is 1.86. The summed E-state index contributed by atoms with van der Waals surface area (Å²) in [5.74, 6) is -0.302. The first-order valence-corrected chi connectivity index (χ1v) is 13.2. The largest absolute Gasteiger partial charge is 0.350 e. The number of nitrogens with zero attached hydrogens (tertiary/aromatic N) is 1. The van der Waals surface area contributed by atoms with Crippen LogP contribution in [0.2, 0.25) is 0 Å². The minimum Gasteiger partial charge on any atom is -0.350 e. The van der Waals surface area contributed by atoms with E-state index in [0.717, 1.165) is 11.8 Å². The van der Waals surface area contributed by atoms with Gasteiger partial charge in [0.05, 0.1) is 9.79 Å². The summed E-state index contributed by atoms with van der Waals surface area (Å²) in [5.41, 5.74) is 1.18. The number of nitrogens with one attached hydrogen (secondary N) is 2. The molecular formula is C21H25N3O5S2. The summed E-state index contributed by atoms with van der Waals surface area (Å²) in [4.78, 5) is 17.7. The van der Waals surface area contributed by atoms with Crippen molar-refractivity contribution in [3.8, 4) is 0 Å². The average Bonchev–Trinajstić information content (AvgIpc) is 2.99. The van der Waals surface area contributed by atoms with E-state index in [0.29, 0.717) is 12.0 Å². The van der Waals surface area contributed by atoms with Gasteiger partial charge in [0.15, 0.2) is 9.84 Å². The Balaban J connectivity index is 1.80. The van der Waals surface area contributed by atoms with Crippen LogP contribution in [0.4, 0.5) is 0 Å². The van der Waals surface area contributed by atoms with Crippen LogP contribution in [-0.2, 0) is 31.2 Å². The first-order chi connectivity index (χ1) is 14.5. The van der Waals surface area contributed by atoms with Crippen LogP contribution in [0.1, 0.15) is 31.4 Å². The molecule has 0 fully saturated rings. The van der Waals surface area contributed by atoms with Crippen LogP contribution in [0.5, 0.6) is 0 Å². The number of amidine groups is 1. The van der Waals surface area contributed by atoms with Crippen LogP contribution in [0.15, 0.2) is 63.3 Å². The molecule has 2 aromatic carbocycles. The number of sulfonamides is 1. The molecule has 0 spiro atoms. The van der Waals surface area contributed by atoms with Gasteiger partial charge in [0.1, 0.15) is 11.9 Å². The molecule has 0 bridgehead atoms. The monoisotopic (exact) mass is 463 g/mol. The molecule has 2 aromatic rings. The van der Waals surface area contributed by atoms with Crippen LogP contribution in [0.3, 0.4) is 0 Å². The molecule has 166 valence electrons. The topological polar surface area (TPSA) is 122 Å². The molecule has 0 unspecified atom stereocenters. The Morgan fingerprint density at radius 1 is 1.13 bits per heavy atom. The summed E-state index contributed by atoms with van der Waals surface area (Å²) >= 11 is 0. The van der Waals surface area contributed by atoms with Crippen molar-refractivity contribution in [2.75, 3.05) is 6.26 Å². The number of rotatable bonds is 7. The minimum atomic E-state index is -3.69. The highest BCUT2D eigenvalue weighted by molar-refractivity contribution is 7.91. The van der Waals surface area contributed by atoms with Gasteiger partial charge in [-0.25, -0.2) is 16.8 Å². The minimum absolute atomic E-state index is 0.127. The second-order valence-electron chi connectivity index (χ2n) is 7.54. The maximum absolute atomic E-state index is 12.9. The van der Waals surface area contributed by atoms with E-state index in [-0.39, 0.29) is 34.0 Å². The Hall–Kier alpha value is -2.72. The fourth-order valence-electron chi connectivity index (χ4n) is 3.18. The maximum Gasteiger partial charge on any atom is 0.263 e. The van der Waals surface area contributed by atoms with Crippen LogP contribution in [-0.4, -0.2) is 40.9 Å². The van der Waals surface area contributed by atoms with Gasteiger partial charge in [0.25, 0.3) is 10.0 Å². The van der Waals surface area contributed by atoms with E-state index in [9.17, 15) is 21.6 Å².